The Hall–Kier alpha value is -5.44. The lowest BCUT2D eigenvalue weighted by atomic mass is 9.92. The van der Waals surface area contributed by atoms with Crippen LogP contribution in [-0.4, -0.2) is 55.9 Å². The van der Waals surface area contributed by atoms with Gasteiger partial charge in [-0.15, -0.1) is 0 Å². The highest BCUT2D eigenvalue weighted by atomic mass is 16.6. The molecular weight excluding hydrogens is 620 g/mol. The molecule has 9 heteroatoms. The second-order valence-corrected chi connectivity index (χ2v) is 12.9. The van der Waals surface area contributed by atoms with Gasteiger partial charge in [-0.05, 0) is 73.4 Å². The van der Waals surface area contributed by atoms with Crippen molar-refractivity contribution in [2.45, 2.75) is 52.0 Å². The van der Waals surface area contributed by atoms with Crippen LogP contribution in [0.15, 0.2) is 103 Å². The standard InChI is InChI=1S/C40H44N2O7/c1-40(2,3)49-39(44)41-33-24-31-23-32(20-19-30(31)25-36(33)48-27-29-15-10-7-11-16-29)45-21-22-46-34-17-12-18-35(37(34)38(43)42(4)5)47-26-28-13-8-6-9-14-28/h6-20,23,25,33H,21-22,24,26-27H2,1-5H3,(H,41,44). The average molecular weight is 665 g/mol. The summed E-state index contributed by atoms with van der Waals surface area (Å²) in [6.45, 7) is 6.63. The number of carbonyl (C=O) groups excluding carboxylic acids is 2. The summed E-state index contributed by atoms with van der Waals surface area (Å²) in [6.07, 6.45) is 1.93. The molecule has 0 aliphatic heterocycles. The highest BCUT2D eigenvalue weighted by molar-refractivity contribution is 5.99. The minimum Gasteiger partial charge on any atom is -0.491 e. The third-order valence-electron chi connectivity index (χ3n) is 7.57. The molecule has 0 aromatic heterocycles. The molecule has 0 bridgehead atoms. The molecule has 1 N–H and O–H groups in total. The molecule has 0 saturated heterocycles. The van der Waals surface area contributed by atoms with E-state index in [1.165, 1.54) is 4.90 Å². The van der Waals surface area contributed by atoms with Gasteiger partial charge in [0.1, 0.15) is 60.6 Å². The van der Waals surface area contributed by atoms with E-state index in [2.05, 4.69) is 5.32 Å². The van der Waals surface area contributed by atoms with E-state index in [1.54, 1.807) is 32.3 Å². The molecule has 1 atom stereocenters. The molecule has 0 heterocycles. The van der Waals surface area contributed by atoms with Crippen LogP contribution in [0.25, 0.3) is 6.08 Å². The summed E-state index contributed by atoms with van der Waals surface area (Å²) in [5.41, 5.74) is 3.72. The first-order valence-electron chi connectivity index (χ1n) is 16.3. The topological polar surface area (TPSA) is 95.6 Å². The van der Waals surface area contributed by atoms with Gasteiger partial charge < -0.3 is 33.9 Å². The molecule has 0 fully saturated rings. The first-order chi connectivity index (χ1) is 23.6. The van der Waals surface area contributed by atoms with Crippen molar-refractivity contribution in [3.05, 3.63) is 131 Å². The lowest BCUT2D eigenvalue weighted by Crippen LogP contribution is -2.42. The number of nitrogens with one attached hydrogen (secondary N) is 1. The molecule has 4 aromatic carbocycles. The van der Waals surface area contributed by atoms with Crippen LogP contribution < -0.4 is 19.5 Å². The fraction of sp³-hybridized carbons (Fsp3) is 0.300. The van der Waals surface area contributed by atoms with Gasteiger partial charge >= 0.3 is 6.09 Å². The van der Waals surface area contributed by atoms with Crippen LogP contribution in [0.4, 0.5) is 4.79 Å². The minimum atomic E-state index is -0.633. The van der Waals surface area contributed by atoms with Gasteiger partial charge in [0.15, 0.2) is 0 Å². The highest BCUT2D eigenvalue weighted by Crippen LogP contribution is 2.32. The maximum Gasteiger partial charge on any atom is 0.408 e. The van der Waals surface area contributed by atoms with Gasteiger partial charge in [-0.1, -0.05) is 72.8 Å². The molecule has 49 heavy (non-hydrogen) atoms. The van der Waals surface area contributed by atoms with Crippen molar-refractivity contribution in [1.29, 1.82) is 0 Å². The Kier molecular flexibility index (Phi) is 11.5. The quantitative estimate of drug-likeness (QED) is 0.149. The zero-order chi connectivity index (χ0) is 34.8. The number of carbonyl (C=O) groups is 2. The van der Waals surface area contributed by atoms with Crippen LogP contribution in [-0.2, 0) is 29.1 Å². The number of hydrogen-bond donors (Lipinski definition) is 1. The van der Waals surface area contributed by atoms with Gasteiger partial charge in [0, 0.05) is 20.5 Å². The Balaban J connectivity index is 1.25. The van der Waals surface area contributed by atoms with Crippen molar-refractivity contribution in [3.63, 3.8) is 0 Å². The van der Waals surface area contributed by atoms with E-state index in [4.69, 9.17) is 23.7 Å². The van der Waals surface area contributed by atoms with Crippen molar-refractivity contribution in [2.75, 3.05) is 27.3 Å². The number of amides is 2. The smallest absolute Gasteiger partial charge is 0.408 e. The zero-order valence-electron chi connectivity index (χ0n) is 28.7. The number of benzene rings is 4. The lowest BCUT2D eigenvalue weighted by Gasteiger charge is -2.29. The average Bonchev–Trinajstić information content (AvgIpc) is 3.08. The molecule has 0 radical (unpaired) electrons. The van der Waals surface area contributed by atoms with E-state index in [0.29, 0.717) is 48.2 Å². The number of ether oxygens (including phenoxy) is 5. The Morgan fingerprint density at radius 2 is 1.37 bits per heavy atom. The molecule has 5 rings (SSSR count). The van der Waals surface area contributed by atoms with Crippen molar-refractivity contribution < 1.29 is 33.3 Å². The van der Waals surface area contributed by atoms with Crippen LogP contribution in [0.5, 0.6) is 17.2 Å². The summed E-state index contributed by atoms with van der Waals surface area (Å²) >= 11 is 0. The fourth-order valence-electron chi connectivity index (χ4n) is 5.25. The largest absolute Gasteiger partial charge is 0.491 e. The molecule has 256 valence electrons. The molecule has 4 aromatic rings. The summed E-state index contributed by atoms with van der Waals surface area (Å²) in [5.74, 6) is 1.96. The third kappa shape index (κ3) is 10.0. The molecule has 0 spiro atoms. The SMILES string of the molecule is CN(C)C(=O)c1c(OCCOc2ccc3c(c2)CC(NC(=O)OC(C)(C)C)C(OCc2ccccc2)=C3)cccc1OCc1ccccc1. The first-order valence-corrected chi connectivity index (χ1v) is 16.3. The van der Waals surface area contributed by atoms with Crippen LogP contribution in [0.1, 0.15) is 53.4 Å². The van der Waals surface area contributed by atoms with Crippen LogP contribution in [0, 0.1) is 0 Å². The zero-order valence-corrected chi connectivity index (χ0v) is 28.7. The predicted octanol–water partition coefficient (Wildman–Crippen LogP) is 7.43. The molecule has 0 saturated carbocycles. The molecule has 1 aliphatic carbocycles. The van der Waals surface area contributed by atoms with Crippen LogP contribution in [0.2, 0.25) is 0 Å². The minimum absolute atomic E-state index is 0.202. The fourth-order valence-corrected chi connectivity index (χ4v) is 5.25. The van der Waals surface area contributed by atoms with Crippen molar-refractivity contribution in [3.8, 4) is 17.2 Å². The molecule has 1 aliphatic rings. The summed E-state index contributed by atoms with van der Waals surface area (Å²) in [7, 11) is 3.39. The molecule has 9 nitrogen and oxygen atoms in total. The summed E-state index contributed by atoms with van der Waals surface area (Å²) < 4.78 is 30.0. The predicted molar refractivity (Wildman–Crippen MR) is 189 cm³/mol. The Bertz CT molecular complexity index is 1750. The van der Waals surface area contributed by atoms with Gasteiger partial charge in [-0.25, -0.2) is 4.79 Å². The summed E-state index contributed by atoms with van der Waals surface area (Å²) in [5, 5.41) is 2.98. The number of alkyl carbamates (subject to hydrolysis) is 1. The number of rotatable bonds is 13. The Morgan fingerprint density at radius 3 is 2.00 bits per heavy atom. The Morgan fingerprint density at radius 1 is 0.755 bits per heavy atom. The molecule has 1 unspecified atom stereocenters. The number of fused-ring (bicyclic) bond motifs is 1. The molecule has 2 amide bonds. The maximum absolute atomic E-state index is 13.2. The van der Waals surface area contributed by atoms with E-state index in [1.807, 2.05) is 106 Å². The lowest BCUT2D eigenvalue weighted by molar-refractivity contribution is 0.0488. The maximum atomic E-state index is 13.2. The van der Waals surface area contributed by atoms with Crippen molar-refractivity contribution in [2.24, 2.45) is 0 Å². The first kappa shape index (κ1) is 34.9. The van der Waals surface area contributed by atoms with Crippen molar-refractivity contribution in [1.82, 2.24) is 10.2 Å². The van der Waals surface area contributed by atoms with Gasteiger partial charge in [0.05, 0.1) is 6.04 Å². The highest BCUT2D eigenvalue weighted by Gasteiger charge is 2.28. The summed E-state index contributed by atoms with van der Waals surface area (Å²) in [4.78, 5) is 27.4. The van der Waals surface area contributed by atoms with E-state index in [0.717, 1.165) is 22.3 Å². The van der Waals surface area contributed by atoms with E-state index in [-0.39, 0.29) is 19.1 Å². The molecular formula is C40H44N2O7. The van der Waals surface area contributed by atoms with Crippen LogP contribution >= 0.6 is 0 Å². The normalized spacial score (nSPS) is 13.7. The van der Waals surface area contributed by atoms with E-state index < -0.39 is 17.7 Å². The van der Waals surface area contributed by atoms with Gasteiger partial charge in [-0.2, -0.15) is 0 Å². The van der Waals surface area contributed by atoms with E-state index in [9.17, 15) is 9.59 Å². The second kappa shape index (κ2) is 16.1. The number of nitrogens with zero attached hydrogens (tertiary/aromatic N) is 1. The van der Waals surface area contributed by atoms with Crippen LogP contribution in [0.3, 0.4) is 0 Å². The van der Waals surface area contributed by atoms with Gasteiger partial charge in [0.25, 0.3) is 5.91 Å². The van der Waals surface area contributed by atoms with Gasteiger partial charge in [0.2, 0.25) is 0 Å². The number of hydrogen-bond acceptors (Lipinski definition) is 7. The summed E-state index contributed by atoms with van der Waals surface area (Å²) in [6, 6.07) is 30.4. The Labute approximate surface area is 288 Å². The third-order valence-corrected chi connectivity index (χ3v) is 7.57. The van der Waals surface area contributed by atoms with Gasteiger partial charge in [-0.3, -0.25) is 4.79 Å². The van der Waals surface area contributed by atoms with E-state index >= 15 is 0 Å². The van der Waals surface area contributed by atoms with Crippen molar-refractivity contribution >= 4 is 18.1 Å². The second-order valence-electron chi connectivity index (χ2n) is 12.9. The monoisotopic (exact) mass is 664 g/mol.